The van der Waals surface area contributed by atoms with Crippen LogP contribution in [0.2, 0.25) is 5.02 Å². The van der Waals surface area contributed by atoms with Crippen molar-refractivity contribution in [3.63, 3.8) is 0 Å². The topological polar surface area (TPSA) is 32.5 Å². The van der Waals surface area contributed by atoms with Gasteiger partial charge in [0.05, 0.1) is 0 Å². The van der Waals surface area contributed by atoms with Crippen molar-refractivity contribution in [1.29, 1.82) is 0 Å². The van der Waals surface area contributed by atoms with E-state index in [1.807, 2.05) is 12.1 Å². The lowest BCUT2D eigenvalue weighted by Gasteiger charge is -2.39. The Hall–Kier alpha value is -0.610. The summed E-state index contributed by atoms with van der Waals surface area (Å²) >= 11 is 5.99. The highest BCUT2D eigenvalue weighted by Gasteiger charge is 2.26. The van der Waals surface area contributed by atoms with Crippen LogP contribution in [-0.4, -0.2) is 49.1 Å². The van der Waals surface area contributed by atoms with Crippen LogP contribution in [-0.2, 0) is 0 Å². The summed E-state index contributed by atoms with van der Waals surface area (Å²) in [6.07, 6.45) is 0. The van der Waals surface area contributed by atoms with Crippen LogP contribution < -0.4 is 5.73 Å². The van der Waals surface area contributed by atoms with Gasteiger partial charge in [0.2, 0.25) is 0 Å². The van der Waals surface area contributed by atoms with Gasteiger partial charge in [0.25, 0.3) is 0 Å². The zero-order valence-electron chi connectivity index (χ0n) is 13.3. The molecule has 0 aromatic heterocycles. The maximum Gasteiger partial charge on any atom is 0.0499 e. The quantitative estimate of drug-likeness (QED) is 0.840. The summed E-state index contributed by atoms with van der Waals surface area (Å²) in [7, 11) is 4.21. The number of rotatable bonds is 7. The Morgan fingerprint density at radius 2 is 1.70 bits per heavy atom. The zero-order chi connectivity index (χ0) is 15.3. The Kier molecular flexibility index (Phi) is 6.96. The SMILES string of the molecule is CCN(C(C)CN(C)C)C(c1ccc(Cl)cc1)C(C)N. The molecule has 0 aliphatic carbocycles. The van der Waals surface area contributed by atoms with Gasteiger partial charge in [-0.05, 0) is 52.2 Å². The van der Waals surface area contributed by atoms with Crippen LogP contribution in [0.4, 0.5) is 0 Å². The first-order valence-electron chi connectivity index (χ1n) is 7.28. The highest BCUT2D eigenvalue weighted by atomic mass is 35.5. The molecule has 0 spiro atoms. The molecule has 0 radical (unpaired) electrons. The Morgan fingerprint density at radius 3 is 2.10 bits per heavy atom. The smallest absolute Gasteiger partial charge is 0.0499 e. The van der Waals surface area contributed by atoms with E-state index < -0.39 is 0 Å². The predicted octanol–water partition coefficient (Wildman–Crippen LogP) is 3.00. The van der Waals surface area contributed by atoms with Crippen LogP contribution in [0.25, 0.3) is 0 Å². The van der Waals surface area contributed by atoms with Crippen molar-refractivity contribution in [2.45, 2.75) is 38.9 Å². The molecule has 0 heterocycles. The van der Waals surface area contributed by atoms with Crippen LogP contribution in [0.1, 0.15) is 32.4 Å². The molecule has 0 aliphatic heterocycles. The van der Waals surface area contributed by atoms with Crippen molar-refractivity contribution in [2.24, 2.45) is 5.73 Å². The fourth-order valence-corrected chi connectivity index (χ4v) is 3.00. The molecule has 3 nitrogen and oxygen atoms in total. The Labute approximate surface area is 128 Å². The second-order valence-electron chi connectivity index (χ2n) is 5.80. The number of nitrogens with zero attached hydrogens (tertiary/aromatic N) is 2. The van der Waals surface area contributed by atoms with E-state index in [0.29, 0.717) is 6.04 Å². The number of hydrogen-bond acceptors (Lipinski definition) is 3. The maximum atomic E-state index is 6.26. The van der Waals surface area contributed by atoms with Gasteiger partial charge in [-0.25, -0.2) is 0 Å². The van der Waals surface area contributed by atoms with Gasteiger partial charge in [0.15, 0.2) is 0 Å². The van der Waals surface area contributed by atoms with Crippen LogP contribution in [0, 0.1) is 0 Å². The molecule has 0 saturated carbocycles. The highest BCUT2D eigenvalue weighted by Crippen LogP contribution is 2.26. The van der Waals surface area contributed by atoms with Crippen molar-refractivity contribution < 1.29 is 0 Å². The zero-order valence-corrected chi connectivity index (χ0v) is 14.1. The summed E-state index contributed by atoms with van der Waals surface area (Å²) in [5.74, 6) is 0. The van der Waals surface area contributed by atoms with Gasteiger partial charge >= 0.3 is 0 Å². The van der Waals surface area contributed by atoms with Crippen LogP contribution in [0.5, 0.6) is 0 Å². The molecule has 3 atom stereocenters. The summed E-state index contributed by atoms with van der Waals surface area (Å²) in [5.41, 5.74) is 7.50. The number of benzene rings is 1. The van der Waals surface area contributed by atoms with E-state index in [0.717, 1.165) is 18.1 Å². The van der Waals surface area contributed by atoms with Crippen molar-refractivity contribution in [2.75, 3.05) is 27.2 Å². The first-order valence-corrected chi connectivity index (χ1v) is 7.66. The predicted molar refractivity (Wildman–Crippen MR) is 88.2 cm³/mol. The van der Waals surface area contributed by atoms with Crippen molar-refractivity contribution in [1.82, 2.24) is 9.80 Å². The van der Waals surface area contributed by atoms with Gasteiger partial charge in [-0.15, -0.1) is 0 Å². The molecule has 1 aromatic rings. The maximum absolute atomic E-state index is 6.26. The molecule has 20 heavy (non-hydrogen) atoms. The van der Waals surface area contributed by atoms with Gasteiger partial charge in [-0.2, -0.15) is 0 Å². The molecule has 4 heteroatoms. The van der Waals surface area contributed by atoms with Crippen LogP contribution in [0.3, 0.4) is 0 Å². The van der Waals surface area contributed by atoms with Gasteiger partial charge in [0, 0.05) is 29.7 Å². The molecule has 1 rings (SSSR count). The third-order valence-corrected chi connectivity index (χ3v) is 3.88. The standard InChI is InChI=1S/C16H28ClN3/c1-6-20(12(2)11-19(4)5)16(13(3)18)14-7-9-15(17)10-8-14/h7-10,12-13,16H,6,11,18H2,1-5H3. The Bertz CT molecular complexity index is 389. The minimum Gasteiger partial charge on any atom is -0.326 e. The molecule has 0 bridgehead atoms. The summed E-state index contributed by atoms with van der Waals surface area (Å²) in [4.78, 5) is 4.68. The molecule has 114 valence electrons. The fourth-order valence-electron chi connectivity index (χ4n) is 2.87. The normalized spacial score (nSPS) is 16.4. The first-order chi connectivity index (χ1) is 9.36. The van der Waals surface area contributed by atoms with Gasteiger partial charge in [-0.1, -0.05) is 30.7 Å². The van der Waals surface area contributed by atoms with Crippen LogP contribution >= 0.6 is 11.6 Å². The highest BCUT2D eigenvalue weighted by molar-refractivity contribution is 6.30. The third kappa shape index (κ3) is 4.74. The van der Waals surface area contributed by atoms with E-state index in [2.05, 4.69) is 56.8 Å². The van der Waals surface area contributed by atoms with Crippen molar-refractivity contribution >= 4 is 11.6 Å². The minimum atomic E-state index is 0.0701. The van der Waals surface area contributed by atoms with E-state index in [1.165, 1.54) is 5.56 Å². The average molecular weight is 298 g/mol. The van der Waals surface area contributed by atoms with Gasteiger partial charge in [0.1, 0.15) is 0 Å². The largest absolute Gasteiger partial charge is 0.326 e. The molecule has 0 aliphatic rings. The minimum absolute atomic E-state index is 0.0701. The molecule has 1 aromatic carbocycles. The van der Waals surface area contributed by atoms with E-state index in [4.69, 9.17) is 17.3 Å². The number of likely N-dealkylation sites (N-methyl/N-ethyl adjacent to an activating group) is 2. The number of nitrogens with two attached hydrogens (primary N) is 1. The second-order valence-corrected chi connectivity index (χ2v) is 6.23. The lowest BCUT2D eigenvalue weighted by molar-refractivity contribution is 0.114. The summed E-state index contributed by atoms with van der Waals surface area (Å²) in [5, 5.41) is 0.765. The average Bonchev–Trinajstić information content (AvgIpc) is 2.35. The molecule has 0 saturated heterocycles. The van der Waals surface area contributed by atoms with E-state index in [9.17, 15) is 0 Å². The lowest BCUT2D eigenvalue weighted by Crippen LogP contribution is -2.47. The Balaban J connectivity index is 3.00. The van der Waals surface area contributed by atoms with E-state index in [1.54, 1.807) is 0 Å². The fraction of sp³-hybridized carbons (Fsp3) is 0.625. The number of hydrogen-bond donors (Lipinski definition) is 1. The third-order valence-electron chi connectivity index (χ3n) is 3.63. The Morgan fingerprint density at radius 1 is 1.15 bits per heavy atom. The first kappa shape index (κ1) is 17.4. The van der Waals surface area contributed by atoms with Crippen molar-refractivity contribution in [3.8, 4) is 0 Å². The molecule has 0 fully saturated rings. The number of halogens is 1. The monoisotopic (exact) mass is 297 g/mol. The van der Waals surface area contributed by atoms with E-state index >= 15 is 0 Å². The van der Waals surface area contributed by atoms with Crippen molar-refractivity contribution in [3.05, 3.63) is 34.9 Å². The molecular weight excluding hydrogens is 270 g/mol. The summed E-state index contributed by atoms with van der Waals surface area (Å²) in [6, 6.07) is 8.78. The second kappa shape index (κ2) is 7.99. The van der Waals surface area contributed by atoms with Crippen LogP contribution in [0.15, 0.2) is 24.3 Å². The lowest BCUT2D eigenvalue weighted by atomic mass is 9.97. The summed E-state index contributed by atoms with van der Waals surface area (Å²) in [6.45, 7) is 8.52. The molecular formula is C16H28ClN3. The molecule has 0 amide bonds. The van der Waals surface area contributed by atoms with Gasteiger partial charge in [-0.3, -0.25) is 4.90 Å². The molecule has 2 N–H and O–H groups in total. The van der Waals surface area contributed by atoms with E-state index in [-0.39, 0.29) is 12.1 Å². The summed E-state index contributed by atoms with van der Waals surface area (Å²) < 4.78 is 0. The molecule has 3 unspecified atom stereocenters. The van der Waals surface area contributed by atoms with Gasteiger partial charge < -0.3 is 10.6 Å².